The summed E-state index contributed by atoms with van der Waals surface area (Å²) >= 11 is 0. The molecule has 1 aliphatic rings. The number of aromatic nitrogens is 1. The Balaban J connectivity index is 1.82. The average Bonchev–Trinajstić information content (AvgIpc) is 2.90. The minimum atomic E-state index is -0.675. The maximum absolute atomic E-state index is 14.3. The smallest absolute Gasteiger partial charge is 0.302 e. The van der Waals surface area contributed by atoms with Gasteiger partial charge < -0.3 is 9.72 Å². The summed E-state index contributed by atoms with van der Waals surface area (Å²) in [4.78, 5) is 14.1. The van der Waals surface area contributed by atoms with Crippen LogP contribution in [0, 0.1) is 17.5 Å². The van der Waals surface area contributed by atoms with Gasteiger partial charge in [0, 0.05) is 18.4 Å². The number of carbonyl (C=O) groups is 1. The number of halogens is 3. The lowest BCUT2D eigenvalue weighted by Crippen LogP contribution is -2.31. The van der Waals surface area contributed by atoms with Crippen LogP contribution in [0.4, 0.5) is 13.2 Å². The fourth-order valence-electron chi connectivity index (χ4n) is 3.64. The van der Waals surface area contributed by atoms with Crippen LogP contribution >= 0.6 is 0 Å². The number of esters is 1. The van der Waals surface area contributed by atoms with Gasteiger partial charge in [0.1, 0.15) is 23.6 Å². The second-order valence-corrected chi connectivity index (χ2v) is 6.63. The average molecular weight is 359 g/mol. The molecule has 4 rings (SSSR count). The zero-order valence-corrected chi connectivity index (χ0v) is 14.0. The highest BCUT2D eigenvalue weighted by atomic mass is 19.1. The second-order valence-electron chi connectivity index (χ2n) is 6.63. The molecule has 1 heterocycles. The molecule has 2 aromatic carbocycles. The van der Waals surface area contributed by atoms with Crippen LogP contribution in [0.1, 0.15) is 31.2 Å². The normalized spacial score (nSPS) is 19.4. The predicted octanol–water partition coefficient (Wildman–Crippen LogP) is 5.06. The highest BCUT2D eigenvalue weighted by Gasteiger charge is 2.36. The molecule has 3 aromatic rings. The Morgan fingerprint density at radius 1 is 1.08 bits per heavy atom. The van der Waals surface area contributed by atoms with Gasteiger partial charge in [0.05, 0.1) is 11.2 Å². The van der Waals surface area contributed by atoms with E-state index in [1.165, 1.54) is 25.1 Å². The molecule has 1 fully saturated rings. The standard InChI is InChI=1S/C20H16F3NO2/c1-10(25)26-15-6-12(7-15)18-16-8-14(22)9-17(23)20(16)24-19(18)11-2-4-13(21)5-3-11/h2-5,8-9,12,15,24H,6-7H2,1H3/t12-,15-. The molecule has 3 nitrogen and oxygen atoms in total. The number of rotatable bonds is 3. The van der Waals surface area contributed by atoms with Gasteiger partial charge in [-0.3, -0.25) is 4.79 Å². The third kappa shape index (κ3) is 2.85. The Morgan fingerprint density at radius 2 is 1.77 bits per heavy atom. The minimum absolute atomic E-state index is 0.00523. The van der Waals surface area contributed by atoms with Crippen molar-refractivity contribution in [3.05, 3.63) is 59.4 Å². The van der Waals surface area contributed by atoms with Crippen molar-refractivity contribution < 1.29 is 22.7 Å². The Hall–Kier alpha value is -2.76. The van der Waals surface area contributed by atoms with Gasteiger partial charge in [-0.1, -0.05) is 0 Å². The molecule has 0 radical (unpaired) electrons. The van der Waals surface area contributed by atoms with Crippen molar-refractivity contribution in [3.8, 4) is 11.3 Å². The molecular formula is C20H16F3NO2. The number of carbonyl (C=O) groups excluding carboxylic acids is 1. The molecule has 0 atom stereocenters. The molecule has 0 aliphatic heterocycles. The zero-order chi connectivity index (χ0) is 18.4. The first-order valence-corrected chi connectivity index (χ1v) is 8.36. The Kier molecular flexibility index (Phi) is 3.98. The van der Waals surface area contributed by atoms with Gasteiger partial charge in [0.2, 0.25) is 0 Å². The fourth-order valence-corrected chi connectivity index (χ4v) is 3.64. The van der Waals surface area contributed by atoms with E-state index >= 15 is 0 Å². The van der Waals surface area contributed by atoms with Crippen molar-refractivity contribution in [2.45, 2.75) is 31.8 Å². The molecule has 1 N–H and O–H groups in total. The highest BCUT2D eigenvalue weighted by Crippen LogP contribution is 2.46. The summed E-state index contributed by atoms with van der Waals surface area (Å²) in [7, 11) is 0. The first-order chi connectivity index (χ1) is 12.4. The maximum atomic E-state index is 14.3. The summed E-state index contributed by atoms with van der Waals surface area (Å²) in [6.07, 6.45) is 0.972. The van der Waals surface area contributed by atoms with E-state index in [0.29, 0.717) is 29.5 Å². The quantitative estimate of drug-likeness (QED) is 0.664. The molecule has 26 heavy (non-hydrogen) atoms. The zero-order valence-electron chi connectivity index (χ0n) is 14.0. The van der Waals surface area contributed by atoms with Crippen LogP contribution in [-0.2, 0) is 9.53 Å². The molecule has 0 unspecified atom stereocenters. The number of hydrogen-bond acceptors (Lipinski definition) is 2. The molecule has 1 aromatic heterocycles. The summed E-state index contributed by atoms with van der Waals surface area (Å²) in [6.45, 7) is 1.35. The Bertz CT molecular complexity index is 988. The van der Waals surface area contributed by atoms with Gasteiger partial charge >= 0.3 is 5.97 Å². The first-order valence-electron chi connectivity index (χ1n) is 8.36. The van der Waals surface area contributed by atoms with Gasteiger partial charge in [-0.05, 0) is 60.2 Å². The topological polar surface area (TPSA) is 42.1 Å². The highest BCUT2D eigenvalue weighted by molar-refractivity contribution is 5.92. The molecule has 0 saturated heterocycles. The van der Waals surface area contributed by atoms with Gasteiger partial charge in [-0.2, -0.15) is 0 Å². The van der Waals surface area contributed by atoms with E-state index in [-0.39, 0.29) is 29.3 Å². The summed E-state index contributed by atoms with van der Waals surface area (Å²) in [5, 5.41) is 0.466. The van der Waals surface area contributed by atoms with Gasteiger partial charge in [0.25, 0.3) is 0 Å². The Labute approximate surface area is 147 Å². The van der Waals surface area contributed by atoms with Crippen LogP contribution < -0.4 is 0 Å². The number of hydrogen-bond donors (Lipinski definition) is 1. The van der Waals surface area contributed by atoms with Crippen molar-refractivity contribution >= 4 is 16.9 Å². The van der Waals surface area contributed by atoms with Gasteiger partial charge in [-0.15, -0.1) is 0 Å². The maximum Gasteiger partial charge on any atom is 0.302 e. The van der Waals surface area contributed by atoms with Gasteiger partial charge in [0.15, 0.2) is 0 Å². The number of aromatic amines is 1. The van der Waals surface area contributed by atoms with Crippen molar-refractivity contribution in [2.24, 2.45) is 0 Å². The monoisotopic (exact) mass is 359 g/mol. The SMILES string of the molecule is CC(=O)O[C@H]1C[C@H](c2c(-c3ccc(F)cc3)[nH]c3c(F)cc(F)cc32)C1. The molecule has 0 bridgehead atoms. The van der Waals surface area contributed by atoms with Gasteiger partial charge in [-0.25, -0.2) is 13.2 Å². The van der Waals surface area contributed by atoms with E-state index in [9.17, 15) is 18.0 Å². The van der Waals surface area contributed by atoms with E-state index in [1.807, 2.05) is 0 Å². The molecule has 0 spiro atoms. The van der Waals surface area contributed by atoms with Crippen molar-refractivity contribution in [1.82, 2.24) is 4.98 Å². The summed E-state index contributed by atoms with van der Waals surface area (Å²) in [5.74, 6) is -2.05. The molecule has 1 aliphatic carbocycles. The lowest BCUT2D eigenvalue weighted by atomic mass is 9.75. The van der Waals surface area contributed by atoms with Crippen LogP contribution in [0.15, 0.2) is 36.4 Å². The van der Waals surface area contributed by atoms with Crippen LogP contribution in [0.3, 0.4) is 0 Å². The largest absolute Gasteiger partial charge is 0.463 e. The van der Waals surface area contributed by atoms with E-state index < -0.39 is 11.6 Å². The number of nitrogens with one attached hydrogen (secondary N) is 1. The van der Waals surface area contributed by atoms with E-state index in [0.717, 1.165) is 11.6 Å². The van der Waals surface area contributed by atoms with Crippen LogP contribution in [0.2, 0.25) is 0 Å². The third-order valence-corrected chi connectivity index (χ3v) is 4.83. The molecule has 134 valence electrons. The Morgan fingerprint density at radius 3 is 2.42 bits per heavy atom. The lowest BCUT2D eigenvalue weighted by molar-refractivity contribution is -0.151. The number of ether oxygens (including phenoxy) is 1. The lowest BCUT2D eigenvalue weighted by Gasteiger charge is -2.35. The number of H-pyrrole nitrogens is 1. The second kappa shape index (κ2) is 6.20. The van der Waals surface area contributed by atoms with Crippen molar-refractivity contribution in [1.29, 1.82) is 0 Å². The van der Waals surface area contributed by atoms with Crippen LogP contribution in [0.5, 0.6) is 0 Å². The summed E-state index contributed by atoms with van der Waals surface area (Å²) < 4.78 is 46.5. The predicted molar refractivity (Wildman–Crippen MR) is 91.1 cm³/mol. The van der Waals surface area contributed by atoms with E-state index in [1.54, 1.807) is 12.1 Å². The third-order valence-electron chi connectivity index (χ3n) is 4.83. The first kappa shape index (κ1) is 16.7. The minimum Gasteiger partial charge on any atom is -0.463 e. The number of benzene rings is 2. The van der Waals surface area contributed by atoms with Crippen molar-refractivity contribution in [2.75, 3.05) is 0 Å². The summed E-state index contributed by atoms with van der Waals surface area (Å²) in [6, 6.07) is 7.98. The van der Waals surface area contributed by atoms with E-state index in [2.05, 4.69) is 4.98 Å². The fraction of sp³-hybridized carbons (Fsp3) is 0.250. The number of fused-ring (bicyclic) bond motifs is 1. The molecular weight excluding hydrogens is 343 g/mol. The molecule has 6 heteroatoms. The summed E-state index contributed by atoms with van der Waals surface area (Å²) in [5.41, 5.74) is 2.31. The van der Waals surface area contributed by atoms with Crippen LogP contribution in [-0.4, -0.2) is 17.1 Å². The molecule has 0 amide bonds. The van der Waals surface area contributed by atoms with Crippen LogP contribution in [0.25, 0.3) is 22.2 Å². The van der Waals surface area contributed by atoms with Crippen molar-refractivity contribution in [3.63, 3.8) is 0 Å². The molecule has 1 saturated carbocycles. The van der Waals surface area contributed by atoms with E-state index in [4.69, 9.17) is 4.74 Å².